The maximum atomic E-state index is 14.2. The molecule has 2 aromatic heterocycles. The summed E-state index contributed by atoms with van der Waals surface area (Å²) in [5.41, 5.74) is 0.272. The summed E-state index contributed by atoms with van der Waals surface area (Å²) in [7, 11) is 1.63. The fourth-order valence-corrected chi connectivity index (χ4v) is 5.18. The van der Waals surface area contributed by atoms with Gasteiger partial charge < -0.3 is 9.47 Å². The van der Waals surface area contributed by atoms with Crippen LogP contribution in [0.2, 0.25) is 0 Å². The normalized spacial score (nSPS) is 19.7. The molecule has 1 saturated carbocycles. The molecule has 0 N–H and O–H groups in total. The molecule has 0 amide bonds. The topological polar surface area (TPSA) is 65.1 Å². The SMILES string of the molecule is C[C@H]1CN(C2CCCCC2)c2nc3c(c(=O)n(Cc4ccccc4F)c(=O)n3C)n2C1. The molecule has 7 nitrogen and oxygen atoms in total. The van der Waals surface area contributed by atoms with E-state index in [4.69, 9.17) is 4.98 Å². The first-order valence-electron chi connectivity index (χ1n) is 11.2. The smallest absolute Gasteiger partial charge is 0.332 e. The number of hydrogen-bond acceptors (Lipinski definition) is 4. The Bertz CT molecular complexity index is 1250. The highest BCUT2D eigenvalue weighted by atomic mass is 19.1. The van der Waals surface area contributed by atoms with E-state index in [0.717, 1.165) is 29.9 Å². The Balaban J connectivity index is 1.68. The second-order valence-electron chi connectivity index (χ2n) is 9.07. The summed E-state index contributed by atoms with van der Waals surface area (Å²) in [6.07, 6.45) is 5.96. The molecule has 5 rings (SSSR count). The third-order valence-corrected chi connectivity index (χ3v) is 6.77. The second-order valence-corrected chi connectivity index (χ2v) is 9.07. The van der Waals surface area contributed by atoms with E-state index in [2.05, 4.69) is 11.8 Å². The van der Waals surface area contributed by atoms with Crippen LogP contribution in [0.4, 0.5) is 10.3 Å². The van der Waals surface area contributed by atoms with Crippen molar-refractivity contribution in [3.05, 3.63) is 56.5 Å². The largest absolute Gasteiger partial charge is 0.339 e. The maximum absolute atomic E-state index is 14.2. The molecule has 31 heavy (non-hydrogen) atoms. The van der Waals surface area contributed by atoms with Crippen molar-refractivity contribution in [1.82, 2.24) is 18.7 Å². The molecule has 8 heteroatoms. The quantitative estimate of drug-likeness (QED) is 0.647. The highest BCUT2D eigenvalue weighted by molar-refractivity contribution is 5.75. The molecule has 3 aromatic rings. The number of aryl methyl sites for hydroxylation is 1. The lowest BCUT2D eigenvalue weighted by atomic mass is 9.93. The van der Waals surface area contributed by atoms with Crippen LogP contribution in [0.25, 0.3) is 11.2 Å². The van der Waals surface area contributed by atoms with Crippen molar-refractivity contribution < 1.29 is 4.39 Å². The minimum atomic E-state index is -0.478. The van der Waals surface area contributed by atoms with Gasteiger partial charge in [0, 0.05) is 31.7 Å². The summed E-state index contributed by atoms with van der Waals surface area (Å²) in [5.74, 6) is 0.725. The Morgan fingerprint density at radius 3 is 2.58 bits per heavy atom. The van der Waals surface area contributed by atoms with Gasteiger partial charge in [0.2, 0.25) is 5.95 Å². The number of rotatable bonds is 3. The van der Waals surface area contributed by atoms with Gasteiger partial charge in [-0.1, -0.05) is 44.4 Å². The van der Waals surface area contributed by atoms with Gasteiger partial charge in [0.05, 0.1) is 6.54 Å². The third kappa shape index (κ3) is 3.28. The van der Waals surface area contributed by atoms with Crippen molar-refractivity contribution >= 4 is 17.1 Å². The van der Waals surface area contributed by atoms with E-state index in [1.807, 2.05) is 4.57 Å². The predicted molar refractivity (Wildman–Crippen MR) is 118 cm³/mol. The molecular weight excluding hydrogens is 397 g/mol. The Labute approximate surface area is 179 Å². The minimum Gasteiger partial charge on any atom is -0.339 e. The van der Waals surface area contributed by atoms with Crippen molar-refractivity contribution in [3.8, 4) is 0 Å². The molecule has 0 radical (unpaired) electrons. The predicted octanol–water partition coefficient (Wildman–Crippen LogP) is 2.87. The number of benzene rings is 1. The van der Waals surface area contributed by atoms with Crippen molar-refractivity contribution in [2.24, 2.45) is 13.0 Å². The van der Waals surface area contributed by atoms with Crippen LogP contribution in [0.15, 0.2) is 33.9 Å². The molecule has 164 valence electrons. The molecule has 1 aliphatic carbocycles. The number of halogens is 1. The van der Waals surface area contributed by atoms with Crippen LogP contribution in [0.1, 0.15) is 44.6 Å². The molecule has 0 saturated heterocycles. The van der Waals surface area contributed by atoms with Gasteiger partial charge in [0.25, 0.3) is 5.56 Å². The van der Waals surface area contributed by atoms with Gasteiger partial charge in [-0.2, -0.15) is 4.98 Å². The van der Waals surface area contributed by atoms with Crippen molar-refractivity contribution in [2.45, 2.75) is 58.2 Å². The Morgan fingerprint density at radius 1 is 1.10 bits per heavy atom. The van der Waals surface area contributed by atoms with E-state index < -0.39 is 17.1 Å². The first kappa shape index (κ1) is 20.0. The Morgan fingerprint density at radius 2 is 1.84 bits per heavy atom. The van der Waals surface area contributed by atoms with Gasteiger partial charge in [0.15, 0.2) is 11.2 Å². The molecule has 1 fully saturated rings. The number of anilines is 1. The fourth-order valence-electron chi connectivity index (χ4n) is 5.18. The van der Waals surface area contributed by atoms with Crippen LogP contribution in [-0.2, 0) is 20.1 Å². The van der Waals surface area contributed by atoms with Crippen LogP contribution < -0.4 is 16.1 Å². The Kier molecular flexibility index (Phi) is 4.95. The van der Waals surface area contributed by atoms with Gasteiger partial charge in [0.1, 0.15) is 5.82 Å². The highest BCUT2D eigenvalue weighted by Crippen LogP contribution is 2.33. The average Bonchev–Trinajstić information content (AvgIpc) is 3.16. The molecule has 3 heterocycles. The molecule has 1 aromatic carbocycles. The van der Waals surface area contributed by atoms with Gasteiger partial charge in [-0.15, -0.1) is 0 Å². The van der Waals surface area contributed by atoms with Crippen molar-refractivity contribution in [2.75, 3.05) is 11.4 Å². The lowest BCUT2D eigenvalue weighted by molar-refractivity contribution is 0.354. The third-order valence-electron chi connectivity index (χ3n) is 6.77. The van der Waals surface area contributed by atoms with Gasteiger partial charge >= 0.3 is 5.69 Å². The number of aromatic nitrogens is 4. The van der Waals surface area contributed by atoms with E-state index >= 15 is 0 Å². The second kappa shape index (κ2) is 7.66. The van der Waals surface area contributed by atoms with E-state index in [1.165, 1.54) is 29.9 Å². The van der Waals surface area contributed by atoms with Crippen LogP contribution in [0, 0.1) is 11.7 Å². The zero-order valence-electron chi connectivity index (χ0n) is 18.1. The van der Waals surface area contributed by atoms with E-state index in [1.54, 1.807) is 25.2 Å². The van der Waals surface area contributed by atoms with Crippen LogP contribution in [0.3, 0.4) is 0 Å². The Hall–Kier alpha value is -2.90. The molecule has 0 spiro atoms. The standard InChI is InChI=1S/C23H28FN5O2/c1-15-12-27(17-9-4-3-5-10-17)22-25-20-19(28(22)13-15)21(30)29(23(31)26(20)2)14-16-8-6-7-11-18(16)24/h6-8,11,15,17H,3-5,9-10,12-14H2,1-2H3/t15-/m0/s1. The van der Waals surface area contributed by atoms with E-state index in [-0.39, 0.29) is 6.54 Å². The average molecular weight is 426 g/mol. The van der Waals surface area contributed by atoms with Crippen LogP contribution in [0.5, 0.6) is 0 Å². The molecule has 2 aliphatic rings. The lowest BCUT2D eigenvalue weighted by Crippen LogP contribution is -2.45. The van der Waals surface area contributed by atoms with Gasteiger partial charge in [-0.25, -0.2) is 9.18 Å². The maximum Gasteiger partial charge on any atom is 0.332 e. The summed E-state index contributed by atoms with van der Waals surface area (Å²) in [5, 5.41) is 0. The molecule has 0 bridgehead atoms. The lowest BCUT2D eigenvalue weighted by Gasteiger charge is -2.40. The van der Waals surface area contributed by atoms with Crippen LogP contribution >= 0.6 is 0 Å². The van der Waals surface area contributed by atoms with Crippen molar-refractivity contribution in [1.29, 1.82) is 0 Å². The summed E-state index contributed by atoms with van der Waals surface area (Å²) in [6.45, 7) is 3.68. The number of imidazole rings is 1. The van der Waals surface area contributed by atoms with Crippen molar-refractivity contribution in [3.63, 3.8) is 0 Å². The van der Waals surface area contributed by atoms with Gasteiger partial charge in [-0.05, 0) is 24.8 Å². The van der Waals surface area contributed by atoms with Gasteiger partial charge in [-0.3, -0.25) is 13.9 Å². The minimum absolute atomic E-state index is 0.101. The summed E-state index contributed by atoms with van der Waals surface area (Å²) >= 11 is 0. The molecule has 0 unspecified atom stereocenters. The van der Waals surface area contributed by atoms with Crippen LogP contribution in [-0.4, -0.2) is 31.3 Å². The molecular formula is C23H28FN5O2. The summed E-state index contributed by atoms with van der Waals surface area (Å²) in [6, 6.07) is 6.66. The zero-order valence-corrected chi connectivity index (χ0v) is 18.1. The highest BCUT2D eigenvalue weighted by Gasteiger charge is 2.33. The number of hydrogen-bond donors (Lipinski definition) is 0. The summed E-state index contributed by atoms with van der Waals surface area (Å²) < 4.78 is 18.8. The zero-order chi connectivity index (χ0) is 21.7. The molecule has 1 aliphatic heterocycles. The number of nitrogens with zero attached hydrogens (tertiary/aromatic N) is 5. The first-order chi connectivity index (χ1) is 15.0. The molecule has 1 atom stereocenters. The fraction of sp³-hybridized carbons (Fsp3) is 0.522. The monoisotopic (exact) mass is 425 g/mol. The first-order valence-corrected chi connectivity index (χ1v) is 11.2. The van der Waals surface area contributed by atoms with E-state index in [9.17, 15) is 14.0 Å². The summed E-state index contributed by atoms with van der Waals surface area (Å²) in [4.78, 5) is 33.6. The number of fused-ring (bicyclic) bond motifs is 3. The van der Waals surface area contributed by atoms with E-state index in [0.29, 0.717) is 35.2 Å².